The molecule has 2 fully saturated rings. The summed E-state index contributed by atoms with van der Waals surface area (Å²) >= 11 is 0. The molecule has 1 aromatic rings. The fourth-order valence-electron chi connectivity index (χ4n) is 2.68. The predicted molar refractivity (Wildman–Crippen MR) is 87.8 cm³/mol. The van der Waals surface area contributed by atoms with Crippen molar-refractivity contribution in [1.29, 1.82) is 0 Å². The minimum absolute atomic E-state index is 0.153. The second-order valence-electron chi connectivity index (χ2n) is 6.14. The smallest absolute Gasteiger partial charge is 0.409 e. The molecule has 0 bridgehead atoms. The molecule has 1 saturated carbocycles. The van der Waals surface area contributed by atoms with Gasteiger partial charge in [0.15, 0.2) is 0 Å². The molecule has 1 saturated heterocycles. The largest absolute Gasteiger partial charge is 0.450 e. The molecule has 130 valence electrons. The van der Waals surface area contributed by atoms with Crippen LogP contribution in [0.3, 0.4) is 0 Å². The summed E-state index contributed by atoms with van der Waals surface area (Å²) in [5.41, 5.74) is 0.378. The van der Waals surface area contributed by atoms with E-state index in [0.29, 0.717) is 37.3 Å². The standard InChI is InChI=1S/C16H23N5O3/c1-2-24-16(23)21-7-5-12(6-8-21)19-14-9-13(17-10-18-14)15(22)20-11-3-4-11/h9-12H,2-8H2,1H3,(H,20,22)(H,17,18,19). The van der Waals surface area contributed by atoms with Crippen molar-refractivity contribution in [3.05, 3.63) is 18.1 Å². The van der Waals surface area contributed by atoms with Crippen LogP contribution in [0.2, 0.25) is 0 Å². The molecule has 2 amide bonds. The van der Waals surface area contributed by atoms with Gasteiger partial charge in [-0.2, -0.15) is 0 Å². The lowest BCUT2D eigenvalue weighted by Gasteiger charge is -2.31. The van der Waals surface area contributed by atoms with Crippen LogP contribution in [0.4, 0.5) is 10.6 Å². The Morgan fingerprint density at radius 3 is 2.62 bits per heavy atom. The number of carbonyl (C=O) groups is 2. The van der Waals surface area contributed by atoms with E-state index in [1.54, 1.807) is 17.9 Å². The molecule has 0 aromatic carbocycles. The zero-order chi connectivity index (χ0) is 16.9. The van der Waals surface area contributed by atoms with Gasteiger partial charge in [0, 0.05) is 31.2 Å². The van der Waals surface area contributed by atoms with E-state index in [9.17, 15) is 9.59 Å². The fraction of sp³-hybridized carbons (Fsp3) is 0.625. The number of likely N-dealkylation sites (tertiary alicyclic amines) is 1. The third-order valence-electron chi connectivity index (χ3n) is 4.19. The van der Waals surface area contributed by atoms with Gasteiger partial charge in [-0.05, 0) is 32.6 Å². The zero-order valence-corrected chi connectivity index (χ0v) is 13.8. The van der Waals surface area contributed by atoms with Crippen LogP contribution in [0.15, 0.2) is 12.4 Å². The average molecular weight is 333 g/mol. The lowest BCUT2D eigenvalue weighted by atomic mass is 10.1. The van der Waals surface area contributed by atoms with Crippen molar-refractivity contribution in [2.24, 2.45) is 0 Å². The lowest BCUT2D eigenvalue weighted by molar-refractivity contribution is 0.0943. The van der Waals surface area contributed by atoms with Crippen molar-refractivity contribution in [1.82, 2.24) is 20.2 Å². The third-order valence-corrected chi connectivity index (χ3v) is 4.19. The molecular formula is C16H23N5O3. The minimum Gasteiger partial charge on any atom is -0.450 e. The second-order valence-corrected chi connectivity index (χ2v) is 6.14. The highest BCUT2D eigenvalue weighted by atomic mass is 16.6. The maximum absolute atomic E-state index is 12.0. The molecule has 8 nitrogen and oxygen atoms in total. The highest BCUT2D eigenvalue weighted by Crippen LogP contribution is 2.20. The highest BCUT2D eigenvalue weighted by Gasteiger charge is 2.25. The molecule has 24 heavy (non-hydrogen) atoms. The molecule has 2 aliphatic rings. The van der Waals surface area contributed by atoms with E-state index in [1.165, 1.54) is 6.33 Å². The van der Waals surface area contributed by atoms with Gasteiger partial charge in [-0.1, -0.05) is 0 Å². The van der Waals surface area contributed by atoms with Crippen LogP contribution in [0, 0.1) is 0 Å². The number of anilines is 1. The number of rotatable bonds is 5. The number of amides is 2. The predicted octanol–water partition coefficient (Wildman–Crippen LogP) is 1.40. The Labute approximate surface area is 141 Å². The van der Waals surface area contributed by atoms with Gasteiger partial charge < -0.3 is 20.3 Å². The van der Waals surface area contributed by atoms with Gasteiger partial charge in [0.2, 0.25) is 0 Å². The summed E-state index contributed by atoms with van der Waals surface area (Å²) in [6.45, 7) is 3.50. The van der Waals surface area contributed by atoms with Crippen LogP contribution in [-0.2, 0) is 4.74 Å². The minimum atomic E-state index is -0.253. The number of nitrogens with zero attached hydrogens (tertiary/aromatic N) is 3. The Bertz CT molecular complexity index is 597. The number of aromatic nitrogens is 2. The first-order chi connectivity index (χ1) is 11.7. The summed E-state index contributed by atoms with van der Waals surface area (Å²) in [5, 5.41) is 6.24. The number of nitrogens with one attached hydrogen (secondary N) is 2. The van der Waals surface area contributed by atoms with Gasteiger partial charge in [-0.15, -0.1) is 0 Å². The molecule has 0 spiro atoms. The second kappa shape index (κ2) is 7.46. The SMILES string of the molecule is CCOC(=O)N1CCC(Nc2cc(C(=O)NC3CC3)ncn2)CC1. The van der Waals surface area contributed by atoms with Crippen LogP contribution >= 0.6 is 0 Å². The fourth-order valence-corrected chi connectivity index (χ4v) is 2.68. The van der Waals surface area contributed by atoms with E-state index in [2.05, 4.69) is 20.6 Å². The Balaban J connectivity index is 1.51. The zero-order valence-electron chi connectivity index (χ0n) is 13.8. The van der Waals surface area contributed by atoms with Gasteiger partial charge in [0.25, 0.3) is 5.91 Å². The number of carbonyl (C=O) groups excluding carboxylic acids is 2. The monoisotopic (exact) mass is 333 g/mol. The highest BCUT2D eigenvalue weighted by molar-refractivity contribution is 5.93. The van der Waals surface area contributed by atoms with E-state index in [-0.39, 0.29) is 18.0 Å². The van der Waals surface area contributed by atoms with Crippen LogP contribution < -0.4 is 10.6 Å². The summed E-state index contributed by atoms with van der Waals surface area (Å²) in [6.07, 6.45) is 4.86. The van der Waals surface area contributed by atoms with Crippen molar-refractivity contribution < 1.29 is 14.3 Å². The van der Waals surface area contributed by atoms with Gasteiger partial charge in [-0.3, -0.25) is 4.79 Å². The van der Waals surface area contributed by atoms with E-state index >= 15 is 0 Å². The van der Waals surface area contributed by atoms with E-state index in [4.69, 9.17) is 4.74 Å². The van der Waals surface area contributed by atoms with Crippen LogP contribution in [0.5, 0.6) is 0 Å². The van der Waals surface area contributed by atoms with Crippen molar-refractivity contribution >= 4 is 17.8 Å². The summed E-state index contributed by atoms with van der Waals surface area (Å²) in [5.74, 6) is 0.487. The normalized spacial score (nSPS) is 18.1. The van der Waals surface area contributed by atoms with Crippen molar-refractivity contribution in [2.45, 2.75) is 44.7 Å². The molecule has 8 heteroatoms. The summed E-state index contributed by atoms with van der Waals surface area (Å²) in [7, 11) is 0. The molecule has 1 aliphatic heterocycles. The number of hydrogen-bond donors (Lipinski definition) is 2. The Morgan fingerprint density at radius 1 is 1.21 bits per heavy atom. The Hall–Kier alpha value is -2.38. The molecule has 2 heterocycles. The van der Waals surface area contributed by atoms with Crippen molar-refractivity contribution in [3.8, 4) is 0 Å². The number of piperidine rings is 1. The van der Waals surface area contributed by atoms with Crippen molar-refractivity contribution in [3.63, 3.8) is 0 Å². The molecule has 3 rings (SSSR count). The summed E-state index contributed by atoms with van der Waals surface area (Å²) in [6, 6.07) is 2.19. The molecule has 0 radical (unpaired) electrons. The van der Waals surface area contributed by atoms with Crippen LogP contribution in [-0.4, -0.2) is 58.6 Å². The topological polar surface area (TPSA) is 96.5 Å². The summed E-state index contributed by atoms with van der Waals surface area (Å²) < 4.78 is 5.02. The lowest BCUT2D eigenvalue weighted by Crippen LogP contribution is -2.42. The van der Waals surface area contributed by atoms with Crippen molar-refractivity contribution in [2.75, 3.05) is 25.0 Å². The Kier molecular flexibility index (Phi) is 5.12. The third kappa shape index (κ3) is 4.33. The molecule has 1 aromatic heterocycles. The summed E-state index contributed by atoms with van der Waals surface area (Å²) in [4.78, 5) is 33.7. The van der Waals surface area contributed by atoms with Gasteiger partial charge in [-0.25, -0.2) is 14.8 Å². The van der Waals surface area contributed by atoms with Gasteiger partial charge in [0.1, 0.15) is 17.8 Å². The Morgan fingerprint density at radius 2 is 1.96 bits per heavy atom. The maximum atomic E-state index is 12.0. The van der Waals surface area contributed by atoms with Crippen LogP contribution in [0.25, 0.3) is 0 Å². The molecule has 0 unspecified atom stereocenters. The number of ether oxygens (including phenoxy) is 1. The van der Waals surface area contributed by atoms with E-state index in [0.717, 1.165) is 25.7 Å². The number of hydrogen-bond acceptors (Lipinski definition) is 6. The molecular weight excluding hydrogens is 310 g/mol. The first-order valence-corrected chi connectivity index (χ1v) is 8.47. The first-order valence-electron chi connectivity index (χ1n) is 8.47. The van der Waals surface area contributed by atoms with E-state index < -0.39 is 0 Å². The molecule has 1 aliphatic carbocycles. The molecule has 0 atom stereocenters. The first kappa shape index (κ1) is 16.5. The van der Waals surface area contributed by atoms with Crippen LogP contribution in [0.1, 0.15) is 43.1 Å². The van der Waals surface area contributed by atoms with Gasteiger partial charge >= 0.3 is 6.09 Å². The maximum Gasteiger partial charge on any atom is 0.409 e. The quantitative estimate of drug-likeness (QED) is 0.845. The average Bonchev–Trinajstić information content (AvgIpc) is 3.40. The van der Waals surface area contributed by atoms with E-state index in [1.807, 2.05) is 0 Å². The molecule has 2 N–H and O–H groups in total. The van der Waals surface area contributed by atoms with Gasteiger partial charge in [0.05, 0.1) is 6.61 Å².